The first-order valence-corrected chi connectivity index (χ1v) is 6.67. The molecule has 2 aromatic rings. The van der Waals surface area contributed by atoms with Crippen LogP contribution in [0.1, 0.15) is 26.1 Å². The largest absolute Gasteiger partial charge is 0.399 e. The van der Waals surface area contributed by atoms with E-state index >= 15 is 0 Å². The number of rotatable bonds is 5. The zero-order valence-corrected chi connectivity index (χ0v) is 11.4. The van der Waals surface area contributed by atoms with Crippen LogP contribution in [-0.4, -0.2) is 22.0 Å². The van der Waals surface area contributed by atoms with E-state index < -0.39 is 0 Å². The molecule has 1 aromatic carbocycles. The van der Waals surface area contributed by atoms with Crippen molar-refractivity contribution in [2.75, 3.05) is 12.3 Å². The number of nitrogen functional groups attached to an aromatic ring is 1. The number of imidazole rings is 1. The van der Waals surface area contributed by atoms with Gasteiger partial charge in [-0.1, -0.05) is 6.92 Å². The van der Waals surface area contributed by atoms with Gasteiger partial charge in [0.1, 0.15) is 5.82 Å². The number of nitrogens with two attached hydrogens (primary N) is 1. The Balaban J connectivity index is 2.27. The molecular weight excluding hydrogens is 240 g/mol. The fourth-order valence-corrected chi connectivity index (χ4v) is 2.22. The summed E-state index contributed by atoms with van der Waals surface area (Å²) in [5.74, 6) is 1.06. The average Bonchev–Trinajstić information content (AvgIpc) is 2.73. The minimum Gasteiger partial charge on any atom is -0.399 e. The summed E-state index contributed by atoms with van der Waals surface area (Å²) in [6, 6.07) is 5.71. The summed E-state index contributed by atoms with van der Waals surface area (Å²) in [7, 11) is 0. The molecule has 0 aliphatic rings. The molecule has 19 heavy (non-hydrogen) atoms. The number of anilines is 1. The number of fused-ring (bicyclic) bond motifs is 1. The highest BCUT2D eigenvalue weighted by molar-refractivity contribution is 5.80. The Kier molecular flexibility index (Phi) is 4.04. The summed E-state index contributed by atoms with van der Waals surface area (Å²) in [5, 5.41) is 2.81. The number of aromatic nitrogens is 2. The Morgan fingerprint density at radius 2 is 2.21 bits per heavy atom. The Hall–Kier alpha value is -2.04. The second-order valence-electron chi connectivity index (χ2n) is 4.48. The normalized spacial score (nSPS) is 10.8. The van der Waals surface area contributed by atoms with Gasteiger partial charge >= 0.3 is 0 Å². The van der Waals surface area contributed by atoms with Gasteiger partial charge in [0.25, 0.3) is 0 Å². The molecule has 0 spiro atoms. The molecule has 0 atom stereocenters. The number of hydrogen-bond acceptors (Lipinski definition) is 3. The Labute approximate surface area is 112 Å². The molecule has 2 rings (SSSR count). The third kappa shape index (κ3) is 2.86. The second kappa shape index (κ2) is 5.73. The first-order valence-electron chi connectivity index (χ1n) is 6.67. The molecule has 3 N–H and O–H groups in total. The average molecular weight is 260 g/mol. The smallest absolute Gasteiger partial charge is 0.221 e. The van der Waals surface area contributed by atoms with Gasteiger partial charge < -0.3 is 15.6 Å². The Bertz CT molecular complexity index is 588. The van der Waals surface area contributed by atoms with Crippen molar-refractivity contribution in [3.8, 4) is 0 Å². The topological polar surface area (TPSA) is 72.9 Å². The van der Waals surface area contributed by atoms with E-state index in [-0.39, 0.29) is 5.91 Å². The fraction of sp³-hybridized carbons (Fsp3) is 0.429. The third-order valence-electron chi connectivity index (χ3n) is 3.10. The molecule has 1 amide bonds. The van der Waals surface area contributed by atoms with Gasteiger partial charge in [-0.05, 0) is 25.1 Å². The molecule has 0 saturated carbocycles. The summed E-state index contributed by atoms with van der Waals surface area (Å²) in [4.78, 5) is 16.1. The first-order chi connectivity index (χ1) is 9.15. The summed E-state index contributed by atoms with van der Waals surface area (Å²) in [6.07, 6.45) is 1.31. The van der Waals surface area contributed by atoms with Crippen LogP contribution in [0.2, 0.25) is 0 Å². The number of carbonyl (C=O) groups is 1. The van der Waals surface area contributed by atoms with Crippen LogP contribution in [0.25, 0.3) is 11.0 Å². The predicted octanol–water partition coefficient (Wildman–Crippen LogP) is 1.71. The molecule has 0 fully saturated rings. The highest BCUT2D eigenvalue weighted by Crippen LogP contribution is 2.19. The van der Waals surface area contributed by atoms with Crippen molar-refractivity contribution in [1.82, 2.24) is 14.9 Å². The van der Waals surface area contributed by atoms with E-state index in [2.05, 4.69) is 21.8 Å². The van der Waals surface area contributed by atoms with E-state index in [1.165, 1.54) is 0 Å². The van der Waals surface area contributed by atoms with E-state index in [1.54, 1.807) is 0 Å². The minimum absolute atomic E-state index is 0.0712. The maximum atomic E-state index is 11.6. The number of hydrogen-bond donors (Lipinski definition) is 2. The van der Waals surface area contributed by atoms with Crippen molar-refractivity contribution in [2.45, 2.75) is 33.2 Å². The summed E-state index contributed by atoms with van der Waals surface area (Å²) < 4.78 is 2.10. The predicted molar refractivity (Wildman–Crippen MR) is 76.8 cm³/mol. The summed E-state index contributed by atoms with van der Waals surface area (Å²) in [5.41, 5.74) is 8.42. The van der Waals surface area contributed by atoms with Crippen molar-refractivity contribution in [3.63, 3.8) is 0 Å². The summed E-state index contributed by atoms with van der Waals surface area (Å²) >= 11 is 0. The molecular formula is C14H20N4O. The number of nitrogens with one attached hydrogen (secondary N) is 1. The first kappa shape index (κ1) is 13.4. The highest BCUT2D eigenvalue weighted by Gasteiger charge is 2.10. The lowest BCUT2D eigenvalue weighted by Gasteiger charge is -2.08. The van der Waals surface area contributed by atoms with Gasteiger partial charge in [-0.2, -0.15) is 0 Å². The number of aryl methyl sites for hydroxylation is 2. The molecule has 5 nitrogen and oxygen atoms in total. The summed E-state index contributed by atoms with van der Waals surface area (Å²) in [6.45, 7) is 5.30. The van der Waals surface area contributed by atoms with Gasteiger partial charge in [0, 0.05) is 31.6 Å². The van der Waals surface area contributed by atoms with E-state index in [9.17, 15) is 4.79 Å². The van der Waals surface area contributed by atoms with E-state index in [4.69, 9.17) is 5.73 Å². The number of benzene rings is 1. The van der Waals surface area contributed by atoms with Crippen molar-refractivity contribution < 1.29 is 4.79 Å². The zero-order chi connectivity index (χ0) is 13.8. The van der Waals surface area contributed by atoms with E-state index in [0.29, 0.717) is 25.2 Å². The monoisotopic (exact) mass is 260 g/mol. The van der Waals surface area contributed by atoms with Gasteiger partial charge in [-0.3, -0.25) is 4.79 Å². The van der Waals surface area contributed by atoms with Crippen LogP contribution < -0.4 is 11.1 Å². The third-order valence-corrected chi connectivity index (χ3v) is 3.10. The Morgan fingerprint density at radius 3 is 2.89 bits per heavy atom. The van der Waals surface area contributed by atoms with Gasteiger partial charge in [0.05, 0.1) is 11.0 Å². The standard InChI is InChI=1S/C14H20N4O/c1-3-13-17-11-9-10(15)5-6-12(11)18(13)8-7-14(19)16-4-2/h5-6,9H,3-4,7-8,15H2,1-2H3,(H,16,19). The molecule has 1 aromatic heterocycles. The van der Waals surface area contributed by atoms with Crippen LogP contribution in [0.15, 0.2) is 18.2 Å². The molecule has 0 aliphatic carbocycles. The lowest BCUT2D eigenvalue weighted by molar-refractivity contribution is -0.121. The highest BCUT2D eigenvalue weighted by atomic mass is 16.1. The van der Waals surface area contributed by atoms with Crippen LogP contribution in [0.4, 0.5) is 5.69 Å². The molecule has 0 bridgehead atoms. The molecule has 0 unspecified atom stereocenters. The maximum absolute atomic E-state index is 11.6. The zero-order valence-electron chi connectivity index (χ0n) is 11.4. The molecule has 0 aliphatic heterocycles. The van der Waals surface area contributed by atoms with Gasteiger partial charge in [-0.25, -0.2) is 4.98 Å². The molecule has 5 heteroatoms. The molecule has 1 heterocycles. The fourth-order valence-electron chi connectivity index (χ4n) is 2.22. The van der Waals surface area contributed by atoms with Gasteiger partial charge in [-0.15, -0.1) is 0 Å². The van der Waals surface area contributed by atoms with Crippen molar-refractivity contribution in [1.29, 1.82) is 0 Å². The maximum Gasteiger partial charge on any atom is 0.221 e. The van der Waals surface area contributed by atoms with E-state index in [0.717, 1.165) is 23.3 Å². The Morgan fingerprint density at radius 1 is 1.42 bits per heavy atom. The number of nitrogens with zero attached hydrogens (tertiary/aromatic N) is 2. The van der Waals surface area contributed by atoms with Gasteiger partial charge in [0.15, 0.2) is 0 Å². The van der Waals surface area contributed by atoms with Crippen LogP contribution >= 0.6 is 0 Å². The van der Waals surface area contributed by atoms with Crippen molar-refractivity contribution >= 4 is 22.6 Å². The van der Waals surface area contributed by atoms with Crippen LogP contribution in [-0.2, 0) is 17.8 Å². The van der Waals surface area contributed by atoms with Crippen LogP contribution in [0.3, 0.4) is 0 Å². The van der Waals surface area contributed by atoms with Crippen LogP contribution in [0, 0.1) is 0 Å². The molecule has 0 radical (unpaired) electrons. The van der Waals surface area contributed by atoms with Gasteiger partial charge in [0.2, 0.25) is 5.91 Å². The van der Waals surface area contributed by atoms with Crippen LogP contribution in [0.5, 0.6) is 0 Å². The molecule has 0 saturated heterocycles. The molecule has 102 valence electrons. The van der Waals surface area contributed by atoms with Crippen molar-refractivity contribution in [3.05, 3.63) is 24.0 Å². The number of carbonyl (C=O) groups excluding carboxylic acids is 1. The van der Waals surface area contributed by atoms with E-state index in [1.807, 2.05) is 25.1 Å². The van der Waals surface area contributed by atoms with Crippen molar-refractivity contribution in [2.24, 2.45) is 0 Å². The second-order valence-corrected chi connectivity index (χ2v) is 4.48. The SMILES string of the molecule is CCNC(=O)CCn1c(CC)nc2cc(N)ccc21. The lowest BCUT2D eigenvalue weighted by Crippen LogP contribution is -2.24. The lowest BCUT2D eigenvalue weighted by atomic mass is 10.2. The quantitative estimate of drug-likeness (QED) is 0.804. The minimum atomic E-state index is 0.0712. The number of amides is 1.